The first kappa shape index (κ1) is 21.3. The van der Waals surface area contributed by atoms with Crippen LogP contribution in [0.15, 0.2) is 0 Å². The van der Waals surface area contributed by atoms with Crippen molar-refractivity contribution >= 4 is 17.8 Å². The predicted molar refractivity (Wildman–Crippen MR) is 78.3 cm³/mol. The summed E-state index contributed by atoms with van der Waals surface area (Å²) in [5, 5.41) is 11.3. The van der Waals surface area contributed by atoms with Gasteiger partial charge in [-0.15, -0.1) is 0 Å². The zero-order chi connectivity index (χ0) is 17.7. The maximum atomic E-state index is 11.5. The molecule has 0 aliphatic heterocycles. The molecule has 9 heteroatoms. The Hall–Kier alpha value is -1.71. The van der Waals surface area contributed by atoms with Gasteiger partial charge in [0.05, 0.1) is 26.2 Å². The SMILES string of the molecule is CCC(CO)OC(COC(=O)CCC(=O)NCC(=O)OC)OC. The Kier molecular flexibility index (Phi) is 11.8. The molecule has 134 valence electrons. The van der Waals surface area contributed by atoms with Crippen LogP contribution in [0.5, 0.6) is 0 Å². The van der Waals surface area contributed by atoms with Gasteiger partial charge in [0.25, 0.3) is 0 Å². The highest BCUT2D eigenvalue weighted by molar-refractivity contribution is 5.84. The Labute approximate surface area is 135 Å². The number of carbonyl (C=O) groups is 3. The standard InChI is InChI=1S/C14H25NO8/c1-4-10(8-16)23-14(21-3)9-22-12(18)6-5-11(17)15-7-13(19)20-2/h10,14,16H,4-9H2,1-3H3,(H,15,17). The maximum Gasteiger partial charge on any atom is 0.325 e. The molecular formula is C14H25NO8. The summed E-state index contributed by atoms with van der Waals surface area (Å²) in [5.41, 5.74) is 0. The molecule has 1 amide bonds. The number of ether oxygens (including phenoxy) is 4. The molecule has 0 saturated heterocycles. The highest BCUT2D eigenvalue weighted by Crippen LogP contribution is 2.05. The Morgan fingerprint density at radius 2 is 1.83 bits per heavy atom. The Bertz CT molecular complexity index is 370. The molecule has 0 aromatic heterocycles. The van der Waals surface area contributed by atoms with E-state index in [2.05, 4.69) is 10.1 Å². The van der Waals surface area contributed by atoms with Crippen LogP contribution in [-0.2, 0) is 33.3 Å². The number of hydrogen-bond donors (Lipinski definition) is 2. The van der Waals surface area contributed by atoms with Crippen LogP contribution in [-0.4, -0.2) is 69.3 Å². The van der Waals surface area contributed by atoms with Gasteiger partial charge in [-0.2, -0.15) is 0 Å². The minimum absolute atomic E-state index is 0.109. The third-order valence-electron chi connectivity index (χ3n) is 2.86. The molecule has 0 radical (unpaired) electrons. The zero-order valence-electron chi connectivity index (χ0n) is 13.7. The number of nitrogens with one attached hydrogen (secondary N) is 1. The van der Waals surface area contributed by atoms with Gasteiger partial charge in [0, 0.05) is 13.5 Å². The average molecular weight is 335 g/mol. The summed E-state index contributed by atoms with van der Waals surface area (Å²) in [6, 6.07) is 0. The third kappa shape index (κ3) is 10.6. The monoisotopic (exact) mass is 335 g/mol. The number of aliphatic hydroxyl groups excluding tert-OH is 1. The van der Waals surface area contributed by atoms with Gasteiger partial charge in [-0.25, -0.2) is 0 Å². The highest BCUT2D eigenvalue weighted by Gasteiger charge is 2.17. The smallest absolute Gasteiger partial charge is 0.325 e. The van der Waals surface area contributed by atoms with Crippen LogP contribution in [0.1, 0.15) is 26.2 Å². The van der Waals surface area contributed by atoms with E-state index in [1.807, 2.05) is 6.92 Å². The second-order valence-corrected chi connectivity index (χ2v) is 4.55. The molecule has 0 aromatic rings. The minimum atomic E-state index is -0.788. The van der Waals surface area contributed by atoms with Gasteiger partial charge in [-0.1, -0.05) is 6.92 Å². The second kappa shape index (κ2) is 12.8. The normalized spacial score (nSPS) is 13.0. The Morgan fingerprint density at radius 3 is 2.35 bits per heavy atom. The van der Waals surface area contributed by atoms with E-state index in [0.717, 1.165) is 0 Å². The molecule has 0 aliphatic rings. The van der Waals surface area contributed by atoms with Crippen molar-refractivity contribution in [2.45, 2.75) is 38.6 Å². The number of carbonyl (C=O) groups excluding carboxylic acids is 3. The van der Waals surface area contributed by atoms with Gasteiger partial charge in [0.1, 0.15) is 13.2 Å². The molecule has 2 atom stereocenters. The Balaban J connectivity index is 3.95. The molecule has 0 aromatic carbocycles. The fourth-order valence-corrected chi connectivity index (χ4v) is 1.43. The van der Waals surface area contributed by atoms with E-state index in [1.54, 1.807) is 0 Å². The molecule has 9 nitrogen and oxygen atoms in total. The summed E-state index contributed by atoms with van der Waals surface area (Å²) in [6.07, 6.45) is -0.847. The minimum Gasteiger partial charge on any atom is -0.468 e. The Morgan fingerprint density at radius 1 is 1.13 bits per heavy atom. The number of hydrogen-bond acceptors (Lipinski definition) is 8. The van der Waals surface area contributed by atoms with Crippen LogP contribution in [0.25, 0.3) is 0 Å². The summed E-state index contributed by atoms with van der Waals surface area (Å²) >= 11 is 0. The van der Waals surface area contributed by atoms with Gasteiger partial charge in [0.2, 0.25) is 5.91 Å². The van der Waals surface area contributed by atoms with Crippen LogP contribution in [0.2, 0.25) is 0 Å². The average Bonchev–Trinajstić information content (AvgIpc) is 2.57. The first-order chi connectivity index (χ1) is 11.0. The lowest BCUT2D eigenvalue weighted by molar-refractivity contribution is -0.194. The number of amides is 1. The van der Waals surface area contributed by atoms with Crippen molar-refractivity contribution in [3.05, 3.63) is 0 Å². The zero-order valence-corrected chi connectivity index (χ0v) is 13.7. The summed E-state index contributed by atoms with van der Waals surface area (Å²) in [4.78, 5) is 33.7. The lowest BCUT2D eigenvalue weighted by Crippen LogP contribution is -2.32. The van der Waals surface area contributed by atoms with E-state index in [9.17, 15) is 14.4 Å². The molecule has 0 heterocycles. The summed E-state index contributed by atoms with van der Waals surface area (Å²) in [7, 11) is 2.60. The van der Waals surface area contributed by atoms with Crippen molar-refractivity contribution in [1.82, 2.24) is 5.32 Å². The highest BCUT2D eigenvalue weighted by atomic mass is 16.7. The van der Waals surface area contributed by atoms with Crippen molar-refractivity contribution in [3.63, 3.8) is 0 Å². The van der Waals surface area contributed by atoms with Crippen molar-refractivity contribution in [1.29, 1.82) is 0 Å². The quantitative estimate of drug-likeness (QED) is 0.357. The molecule has 0 fully saturated rings. The van der Waals surface area contributed by atoms with E-state index in [-0.39, 0.29) is 32.6 Å². The van der Waals surface area contributed by atoms with Crippen LogP contribution in [0.3, 0.4) is 0 Å². The van der Waals surface area contributed by atoms with E-state index in [1.165, 1.54) is 14.2 Å². The topological polar surface area (TPSA) is 120 Å². The molecule has 23 heavy (non-hydrogen) atoms. The first-order valence-electron chi connectivity index (χ1n) is 7.25. The fraction of sp³-hybridized carbons (Fsp3) is 0.786. The van der Waals surface area contributed by atoms with Crippen LogP contribution < -0.4 is 5.32 Å². The number of esters is 2. The first-order valence-corrected chi connectivity index (χ1v) is 7.25. The molecule has 0 rings (SSSR count). The lowest BCUT2D eigenvalue weighted by Gasteiger charge is -2.21. The summed E-state index contributed by atoms with van der Waals surface area (Å²) in [5.74, 6) is -1.63. The molecular weight excluding hydrogens is 310 g/mol. The van der Waals surface area contributed by atoms with Gasteiger partial charge < -0.3 is 29.4 Å². The summed E-state index contributed by atoms with van der Waals surface area (Å²) in [6.45, 7) is 1.29. The van der Waals surface area contributed by atoms with Crippen molar-refractivity contribution in [2.75, 3.05) is 34.0 Å². The molecule has 0 saturated carbocycles. The van der Waals surface area contributed by atoms with Crippen molar-refractivity contribution in [2.24, 2.45) is 0 Å². The van der Waals surface area contributed by atoms with E-state index in [4.69, 9.17) is 19.3 Å². The number of aliphatic hydroxyl groups is 1. The summed E-state index contributed by atoms with van der Waals surface area (Å²) < 4.78 is 19.7. The van der Waals surface area contributed by atoms with Gasteiger partial charge in [0.15, 0.2) is 6.29 Å². The molecule has 0 aliphatic carbocycles. The fourth-order valence-electron chi connectivity index (χ4n) is 1.43. The van der Waals surface area contributed by atoms with Crippen molar-refractivity contribution in [3.8, 4) is 0 Å². The van der Waals surface area contributed by atoms with Crippen LogP contribution in [0, 0.1) is 0 Å². The third-order valence-corrected chi connectivity index (χ3v) is 2.86. The van der Waals surface area contributed by atoms with Gasteiger partial charge in [-0.3, -0.25) is 14.4 Å². The molecule has 0 bridgehead atoms. The van der Waals surface area contributed by atoms with Crippen LogP contribution >= 0.6 is 0 Å². The molecule has 2 N–H and O–H groups in total. The number of rotatable bonds is 12. The van der Waals surface area contributed by atoms with E-state index < -0.39 is 30.2 Å². The van der Waals surface area contributed by atoms with Gasteiger partial charge >= 0.3 is 11.9 Å². The molecule has 2 unspecified atom stereocenters. The van der Waals surface area contributed by atoms with E-state index >= 15 is 0 Å². The van der Waals surface area contributed by atoms with Gasteiger partial charge in [-0.05, 0) is 6.42 Å². The van der Waals surface area contributed by atoms with E-state index in [0.29, 0.717) is 6.42 Å². The predicted octanol–water partition coefficient (Wildman–Crippen LogP) is -0.641. The molecule has 0 spiro atoms. The van der Waals surface area contributed by atoms with Crippen LogP contribution in [0.4, 0.5) is 0 Å². The maximum absolute atomic E-state index is 11.5. The van der Waals surface area contributed by atoms with Crippen molar-refractivity contribution < 1.29 is 38.4 Å². The largest absolute Gasteiger partial charge is 0.468 e. The lowest BCUT2D eigenvalue weighted by atomic mass is 10.3. The number of methoxy groups -OCH3 is 2. The second-order valence-electron chi connectivity index (χ2n) is 4.55.